The lowest BCUT2D eigenvalue weighted by molar-refractivity contribution is -0.138. The first-order valence-electron chi connectivity index (χ1n) is 20.5. The molecule has 4 aliphatic rings. The number of carbonyl (C=O) groups excluding carboxylic acids is 3. The van der Waals surface area contributed by atoms with Gasteiger partial charge in [0.15, 0.2) is 0 Å². The number of likely N-dealkylation sites (tertiary alicyclic amines) is 1. The summed E-state index contributed by atoms with van der Waals surface area (Å²) in [6.45, 7) is 14.2. The summed E-state index contributed by atoms with van der Waals surface area (Å²) in [6.07, 6.45) is 7.92. The van der Waals surface area contributed by atoms with Crippen molar-refractivity contribution >= 4 is 49.7 Å². The highest BCUT2D eigenvalue weighted by molar-refractivity contribution is 7.86. The van der Waals surface area contributed by atoms with E-state index in [2.05, 4.69) is 44.0 Å². The van der Waals surface area contributed by atoms with Gasteiger partial charge in [-0.05, 0) is 86.9 Å². The molecular weight excluding hydrogens is 809 g/mol. The van der Waals surface area contributed by atoms with Gasteiger partial charge in [0.1, 0.15) is 24.6 Å². The van der Waals surface area contributed by atoms with Crippen molar-refractivity contribution in [2.75, 3.05) is 49.1 Å². The third-order valence-corrected chi connectivity index (χ3v) is 12.8. The number of carbonyl (C=O) groups is 3. The van der Waals surface area contributed by atoms with E-state index in [-0.39, 0.29) is 74.1 Å². The Balaban J connectivity index is 1.48. The van der Waals surface area contributed by atoms with Gasteiger partial charge in [0.2, 0.25) is 23.1 Å². The average molecular weight is 868 g/mol. The molecular formula is C44H59N4O10S2+. The summed E-state index contributed by atoms with van der Waals surface area (Å²) in [6, 6.07) is 14.1. The molecule has 0 spiro atoms. The van der Waals surface area contributed by atoms with E-state index in [1.165, 1.54) is 4.90 Å². The minimum atomic E-state index is -4.19. The standard InChI is InChI=1S/C44H58N4O10S2/c1-7-46(23-10-26-59(52,53)54)32-16-17-34-35(43(3,4)5)30-33(58-38(34)29-32)12-8-13-39-44(6,21-9-14-40(49)45-22-25-48-41(50)19-20-42(48)51)36-28-31(2)15-18-37(36)47(39)24-11-27-60(55,56)57/h8,12-13,15-18,28-30H,7,9-11,14,19-27H2,1-6H3,(H2-,45,49,52,53,54,55,56,57)/p+1. The zero-order valence-electron chi connectivity index (χ0n) is 35.5. The Hall–Kier alpha value is -4.64. The van der Waals surface area contributed by atoms with Crippen molar-refractivity contribution in [2.45, 2.75) is 97.3 Å². The normalized spacial score (nSPS) is 18.6. The van der Waals surface area contributed by atoms with Crippen molar-refractivity contribution in [1.29, 1.82) is 0 Å². The number of anilines is 1. The molecule has 0 bridgehead atoms. The van der Waals surface area contributed by atoms with Gasteiger partial charge in [-0.2, -0.15) is 16.8 Å². The van der Waals surface area contributed by atoms with Crippen LogP contribution in [0.3, 0.4) is 0 Å². The summed E-state index contributed by atoms with van der Waals surface area (Å²) in [5, 5.41) is 3.69. The van der Waals surface area contributed by atoms with Crippen molar-refractivity contribution < 1.29 is 44.7 Å². The fourth-order valence-electron chi connectivity index (χ4n) is 8.18. The van der Waals surface area contributed by atoms with Crippen LogP contribution in [0.25, 0.3) is 17.4 Å². The third-order valence-electron chi connectivity index (χ3n) is 11.2. The molecule has 1 unspecified atom stereocenters. The maximum atomic E-state index is 13.0. The number of nitrogens with zero attached hydrogens (tertiary/aromatic N) is 3. The Morgan fingerprint density at radius 3 is 2.27 bits per heavy atom. The van der Waals surface area contributed by atoms with Gasteiger partial charge in [-0.15, -0.1) is 0 Å². The first-order valence-corrected chi connectivity index (χ1v) is 23.8. The van der Waals surface area contributed by atoms with Crippen molar-refractivity contribution in [2.24, 2.45) is 0 Å². The Kier molecular flexibility index (Phi) is 14.7. The second kappa shape index (κ2) is 19.0. The molecule has 1 fully saturated rings. The topological polar surface area (TPSA) is 195 Å². The molecule has 1 aromatic carbocycles. The SMILES string of the molecule is CC[N+](CCCS(=O)(=O)O)=c1ccc2c(C(C)(C)C)cc(/C=C/C=C3\N(CCCS(=O)(=O)O)c4ccc(C)cc4C3(C)CCCC(=O)NCCN3C(=O)CCC3=O)oc-2c1. The predicted octanol–water partition coefficient (Wildman–Crippen LogP) is 5.45. The van der Waals surface area contributed by atoms with Gasteiger partial charge in [-0.25, -0.2) is 4.58 Å². The number of hydrogen-bond donors (Lipinski definition) is 3. The molecule has 14 nitrogen and oxygen atoms in total. The summed E-state index contributed by atoms with van der Waals surface area (Å²) < 4.78 is 73.6. The molecule has 3 amide bonds. The highest BCUT2D eigenvalue weighted by Crippen LogP contribution is 2.51. The van der Waals surface area contributed by atoms with Crippen molar-refractivity contribution in [3.63, 3.8) is 0 Å². The molecule has 0 radical (unpaired) electrons. The van der Waals surface area contributed by atoms with Crippen LogP contribution in [0, 0.1) is 6.92 Å². The number of rotatable bonds is 18. The van der Waals surface area contributed by atoms with Gasteiger partial charge >= 0.3 is 0 Å². The molecule has 1 atom stereocenters. The molecule has 0 saturated carbocycles. The molecule has 60 heavy (non-hydrogen) atoms. The molecule has 3 aliphatic heterocycles. The number of allylic oxidation sites excluding steroid dienone is 3. The fraction of sp³-hybridized carbons (Fsp3) is 0.500. The highest BCUT2D eigenvalue weighted by Gasteiger charge is 2.43. The zero-order chi connectivity index (χ0) is 44.0. The smallest absolute Gasteiger partial charge is 0.265 e. The van der Waals surface area contributed by atoms with E-state index in [9.17, 15) is 40.3 Å². The number of hydrogen-bond acceptors (Lipinski definition) is 9. The van der Waals surface area contributed by atoms with E-state index in [1.54, 1.807) is 0 Å². The van der Waals surface area contributed by atoms with Crippen LogP contribution in [-0.4, -0.2) is 92.8 Å². The second-order valence-corrected chi connectivity index (χ2v) is 20.1. The molecule has 1 aliphatic carbocycles. The van der Waals surface area contributed by atoms with Crippen LogP contribution in [0.4, 0.5) is 5.69 Å². The number of benzene rings is 2. The van der Waals surface area contributed by atoms with E-state index in [4.69, 9.17) is 4.42 Å². The molecule has 3 N–H and O–H groups in total. The van der Waals surface area contributed by atoms with Gasteiger partial charge in [0.05, 0.1) is 17.6 Å². The predicted molar refractivity (Wildman–Crippen MR) is 233 cm³/mol. The first kappa shape index (κ1) is 46.4. The van der Waals surface area contributed by atoms with Gasteiger partial charge in [-0.1, -0.05) is 44.5 Å². The molecule has 5 rings (SSSR count). The average Bonchev–Trinajstić information content (AvgIpc) is 3.59. The maximum absolute atomic E-state index is 13.0. The van der Waals surface area contributed by atoms with Crippen LogP contribution < -0.4 is 20.1 Å². The molecule has 3 heterocycles. The van der Waals surface area contributed by atoms with Crippen LogP contribution in [0.5, 0.6) is 0 Å². The molecule has 1 saturated heterocycles. The summed E-state index contributed by atoms with van der Waals surface area (Å²) in [4.78, 5) is 40.2. The molecule has 0 aromatic heterocycles. The number of nitrogens with one attached hydrogen (secondary N) is 1. The largest absolute Gasteiger partial charge is 0.456 e. The second-order valence-electron chi connectivity index (χ2n) is 16.9. The number of imide groups is 1. The Morgan fingerprint density at radius 1 is 0.933 bits per heavy atom. The van der Waals surface area contributed by atoms with Crippen LogP contribution in [0.2, 0.25) is 0 Å². The Bertz CT molecular complexity index is 2410. The monoisotopic (exact) mass is 867 g/mol. The van der Waals surface area contributed by atoms with Crippen molar-refractivity contribution in [1.82, 2.24) is 14.8 Å². The van der Waals surface area contributed by atoms with Gasteiger partial charge < -0.3 is 14.6 Å². The maximum Gasteiger partial charge on any atom is 0.265 e. The number of aryl methyl sites for hydroxylation is 1. The van der Waals surface area contributed by atoms with E-state index in [0.29, 0.717) is 44.0 Å². The summed E-state index contributed by atoms with van der Waals surface area (Å²) >= 11 is 0. The summed E-state index contributed by atoms with van der Waals surface area (Å²) in [5.74, 6) is -0.123. The molecule has 326 valence electrons. The minimum absolute atomic E-state index is 0.143. The number of fused-ring (bicyclic) bond motifs is 2. The van der Waals surface area contributed by atoms with Crippen molar-refractivity contribution in [3.05, 3.63) is 88.1 Å². The van der Waals surface area contributed by atoms with Crippen LogP contribution >= 0.6 is 0 Å². The quantitative estimate of drug-likeness (QED) is 0.0837. The first-order chi connectivity index (χ1) is 28.1. The Morgan fingerprint density at radius 2 is 1.62 bits per heavy atom. The minimum Gasteiger partial charge on any atom is -0.456 e. The Labute approximate surface area is 353 Å². The van der Waals surface area contributed by atoms with Gasteiger partial charge in [-0.3, -0.25) is 28.4 Å². The third kappa shape index (κ3) is 11.8. The van der Waals surface area contributed by atoms with E-state index in [1.807, 2.05) is 73.0 Å². The lowest BCUT2D eigenvalue weighted by Gasteiger charge is -2.30. The summed E-state index contributed by atoms with van der Waals surface area (Å²) in [7, 11) is -8.27. The van der Waals surface area contributed by atoms with Crippen LogP contribution in [-0.2, 0) is 45.4 Å². The van der Waals surface area contributed by atoms with E-state index >= 15 is 0 Å². The van der Waals surface area contributed by atoms with Crippen LogP contribution in [0.15, 0.2) is 64.7 Å². The van der Waals surface area contributed by atoms with E-state index in [0.717, 1.165) is 39.0 Å². The fourth-order valence-corrected chi connectivity index (χ4v) is 9.17. The zero-order valence-corrected chi connectivity index (χ0v) is 37.1. The van der Waals surface area contributed by atoms with Gasteiger partial charge in [0, 0.05) is 73.7 Å². The van der Waals surface area contributed by atoms with E-state index < -0.39 is 31.4 Å². The lowest BCUT2D eigenvalue weighted by Crippen LogP contribution is -2.37. The van der Waals surface area contributed by atoms with Gasteiger partial charge in [0.25, 0.3) is 20.2 Å². The molecule has 16 heteroatoms. The lowest BCUT2D eigenvalue weighted by atomic mass is 9.76. The highest BCUT2D eigenvalue weighted by atomic mass is 32.2. The van der Waals surface area contributed by atoms with Crippen molar-refractivity contribution in [3.8, 4) is 11.3 Å². The van der Waals surface area contributed by atoms with Crippen LogP contribution in [0.1, 0.15) is 102 Å². The molecule has 1 aromatic rings. The number of amides is 3. The summed E-state index contributed by atoms with van der Waals surface area (Å²) in [5.41, 5.74) is 5.05.